The van der Waals surface area contributed by atoms with Gasteiger partial charge in [0.05, 0.1) is 6.54 Å². The van der Waals surface area contributed by atoms with E-state index in [9.17, 15) is 9.18 Å². The third-order valence-corrected chi connectivity index (χ3v) is 3.74. The lowest BCUT2D eigenvalue weighted by molar-refractivity contribution is -0.117. The zero-order chi connectivity index (χ0) is 16.1. The molecule has 0 saturated heterocycles. The number of carbonyl (C=O) groups is 1. The summed E-state index contributed by atoms with van der Waals surface area (Å²) in [5.74, 6) is -0.323. The third kappa shape index (κ3) is 4.40. The summed E-state index contributed by atoms with van der Waals surface area (Å²) in [6.07, 6.45) is 0. The number of benzene rings is 2. The number of amides is 1. The first kappa shape index (κ1) is 16.2. The first-order valence-electron chi connectivity index (χ1n) is 7.28. The van der Waals surface area contributed by atoms with Gasteiger partial charge >= 0.3 is 0 Å². The Hall–Kier alpha value is -2.20. The summed E-state index contributed by atoms with van der Waals surface area (Å²) in [7, 11) is 1.88. The minimum atomic E-state index is -0.254. The zero-order valence-electron chi connectivity index (χ0n) is 13.1. The number of nitrogens with zero attached hydrogens (tertiary/aromatic N) is 1. The van der Waals surface area contributed by atoms with E-state index in [0.717, 1.165) is 16.8 Å². The Balaban J connectivity index is 1.92. The van der Waals surface area contributed by atoms with Crippen molar-refractivity contribution in [1.82, 2.24) is 4.90 Å². The van der Waals surface area contributed by atoms with Crippen molar-refractivity contribution in [2.24, 2.45) is 0 Å². The molecule has 2 aromatic rings. The van der Waals surface area contributed by atoms with Gasteiger partial charge in [0.1, 0.15) is 5.82 Å². The number of nitrogens with one attached hydrogen (secondary N) is 1. The van der Waals surface area contributed by atoms with Crippen LogP contribution in [0.25, 0.3) is 0 Å². The molecule has 0 aliphatic rings. The van der Waals surface area contributed by atoms with Crippen molar-refractivity contribution in [3.63, 3.8) is 0 Å². The highest BCUT2D eigenvalue weighted by atomic mass is 19.1. The molecule has 2 aromatic carbocycles. The molecule has 0 aliphatic carbocycles. The molecular weight excluding hydrogens is 279 g/mol. The molecule has 1 amide bonds. The Kier molecular flexibility index (Phi) is 5.28. The fourth-order valence-electron chi connectivity index (χ4n) is 2.20. The van der Waals surface area contributed by atoms with Crippen molar-refractivity contribution < 1.29 is 9.18 Å². The van der Waals surface area contributed by atoms with Gasteiger partial charge in [-0.3, -0.25) is 9.69 Å². The van der Waals surface area contributed by atoms with Crippen LogP contribution in [-0.4, -0.2) is 24.4 Å². The molecule has 4 heteroatoms. The van der Waals surface area contributed by atoms with Crippen LogP contribution in [0, 0.1) is 12.7 Å². The number of rotatable bonds is 5. The van der Waals surface area contributed by atoms with E-state index >= 15 is 0 Å². The van der Waals surface area contributed by atoms with Gasteiger partial charge in [-0.1, -0.05) is 29.8 Å². The van der Waals surface area contributed by atoms with Crippen molar-refractivity contribution in [2.75, 3.05) is 18.9 Å². The molecule has 0 saturated carbocycles. The highest BCUT2D eigenvalue weighted by molar-refractivity contribution is 5.92. The Morgan fingerprint density at radius 3 is 2.32 bits per heavy atom. The first-order chi connectivity index (χ1) is 10.5. The number of halogens is 1. The van der Waals surface area contributed by atoms with Gasteiger partial charge in [-0.15, -0.1) is 0 Å². The lowest BCUT2D eigenvalue weighted by Crippen LogP contribution is -2.32. The lowest BCUT2D eigenvalue weighted by Gasteiger charge is -2.24. The summed E-state index contributed by atoms with van der Waals surface area (Å²) in [4.78, 5) is 14.0. The number of hydrogen-bond donors (Lipinski definition) is 1. The van der Waals surface area contributed by atoms with Crippen LogP contribution in [0.5, 0.6) is 0 Å². The van der Waals surface area contributed by atoms with Gasteiger partial charge in [0, 0.05) is 11.7 Å². The van der Waals surface area contributed by atoms with E-state index in [1.54, 1.807) is 12.1 Å². The molecule has 22 heavy (non-hydrogen) atoms. The molecule has 0 spiro atoms. The normalized spacial score (nSPS) is 12.2. The van der Waals surface area contributed by atoms with Crippen molar-refractivity contribution in [1.29, 1.82) is 0 Å². The number of likely N-dealkylation sites (N-methyl/N-ethyl adjacent to an activating group) is 1. The average Bonchev–Trinajstić information content (AvgIpc) is 2.49. The highest BCUT2D eigenvalue weighted by Crippen LogP contribution is 2.19. The predicted octanol–water partition coefficient (Wildman–Crippen LogP) is 3.77. The fourth-order valence-corrected chi connectivity index (χ4v) is 2.20. The van der Waals surface area contributed by atoms with Gasteiger partial charge in [0.2, 0.25) is 5.91 Å². The standard InChI is InChI=1S/C18H21FN2O/c1-13-4-10-17(11-5-13)20-18(22)12-21(3)14(2)15-6-8-16(19)9-7-15/h4-11,14H,12H2,1-3H3,(H,20,22)/t14-/m0/s1. The van der Waals surface area contributed by atoms with E-state index in [-0.39, 0.29) is 24.3 Å². The molecule has 116 valence electrons. The van der Waals surface area contributed by atoms with Crippen molar-refractivity contribution in [3.8, 4) is 0 Å². The molecule has 0 heterocycles. The number of carbonyl (C=O) groups excluding carboxylic acids is 1. The maximum absolute atomic E-state index is 13.0. The summed E-state index contributed by atoms with van der Waals surface area (Å²) in [6, 6.07) is 14.1. The molecule has 1 atom stereocenters. The van der Waals surface area contributed by atoms with Crippen molar-refractivity contribution in [3.05, 3.63) is 65.5 Å². The van der Waals surface area contributed by atoms with Gasteiger partial charge in [-0.2, -0.15) is 0 Å². The molecule has 0 aliphatic heterocycles. The average molecular weight is 300 g/mol. The van der Waals surface area contributed by atoms with E-state index in [1.165, 1.54) is 12.1 Å². The quantitative estimate of drug-likeness (QED) is 0.911. The van der Waals surface area contributed by atoms with Crippen LogP contribution >= 0.6 is 0 Å². The summed E-state index contributed by atoms with van der Waals surface area (Å²) in [5, 5.41) is 2.87. The predicted molar refractivity (Wildman–Crippen MR) is 87.3 cm³/mol. The van der Waals surface area contributed by atoms with E-state index in [1.807, 2.05) is 50.1 Å². The third-order valence-electron chi connectivity index (χ3n) is 3.74. The maximum atomic E-state index is 13.0. The zero-order valence-corrected chi connectivity index (χ0v) is 13.1. The van der Waals surface area contributed by atoms with Crippen LogP contribution in [0.1, 0.15) is 24.1 Å². The molecule has 1 N–H and O–H groups in total. The van der Waals surface area contributed by atoms with E-state index in [4.69, 9.17) is 0 Å². The number of anilines is 1. The molecule has 0 fully saturated rings. The van der Waals surface area contributed by atoms with E-state index in [0.29, 0.717) is 0 Å². The van der Waals surface area contributed by atoms with E-state index in [2.05, 4.69) is 5.32 Å². The smallest absolute Gasteiger partial charge is 0.238 e. The van der Waals surface area contributed by atoms with Crippen LogP contribution in [0.3, 0.4) is 0 Å². The van der Waals surface area contributed by atoms with Crippen molar-refractivity contribution in [2.45, 2.75) is 19.9 Å². The second-order valence-electron chi connectivity index (χ2n) is 5.56. The molecule has 0 unspecified atom stereocenters. The molecule has 0 bridgehead atoms. The lowest BCUT2D eigenvalue weighted by atomic mass is 10.1. The molecule has 3 nitrogen and oxygen atoms in total. The van der Waals surface area contributed by atoms with Gasteiger partial charge in [0.15, 0.2) is 0 Å². The SMILES string of the molecule is Cc1ccc(NC(=O)CN(C)[C@@H](C)c2ccc(F)cc2)cc1. The fraction of sp³-hybridized carbons (Fsp3) is 0.278. The van der Waals surface area contributed by atoms with Gasteiger partial charge in [-0.25, -0.2) is 4.39 Å². The van der Waals surface area contributed by atoms with Crippen molar-refractivity contribution >= 4 is 11.6 Å². The Morgan fingerprint density at radius 1 is 1.14 bits per heavy atom. The van der Waals surface area contributed by atoms with Crippen LogP contribution in [0.15, 0.2) is 48.5 Å². The summed E-state index contributed by atoms with van der Waals surface area (Å²) in [5.41, 5.74) is 2.92. The first-order valence-corrected chi connectivity index (χ1v) is 7.28. The van der Waals surface area contributed by atoms with E-state index < -0.39 is 0 Å². The Labute approximate surface area is 130 Å². The minimum absolute atomic E-state index is 0.0318. The van der Waals surface area contributed by atoms with Crippen LogP contribution in [0.2, 0.25) is 0 Å². The summed E-state index contributed by atoms with van der Waals surface area (Å²) >= 11 is 0. The highest BCUT2D eigenvalue weighted by Gasteiger charge is 2.15. The second-order valence-corrected chi connectivity index (χ2v) is 5.56. The Bertz CT molecular complexity index is 623. The molecule has 2 rings (SSSR count). The molecular formula is C18H21FN2O. The minimum Gasteiger partial charge on any atom is -0.325 e. The number of aryl methyl sites for hydroxylation is 1. The van der Waals surface area contributed by atoms with Crippen LogP contribution < -0.4 is 5.32 Å². The topological polar surface area (TPSA) is 32.3 Å². The molecule has 0 radical (unpaired) electrons. The second kappa shape index (κ2) is 7.18. The van der Waals surface area contributed by atoms with Crippen LogP contribution in [0.4, 0.5) is 10.1 Å². The Morgan fingerprint density at radius 2 is 1.73 bits per heavy atom. The molecule has 0 aromatic heterocycles. The van der Waals surface area contributed by atoms with Gasteiger partial charge < -0.3 is 5.32 Å². The van der Waals surface area contributed by atoms with Crippen LogP contribution in [-0.2, 0) is 4.79 Å². The largest absolute Gasteiger partial charge is 0.325 e. The maximum Gasteiger partial charge on any atom is 0.238 e. The monoisotopic (exact) mass is 300 g/mol. The summed E-state index contributed by atoms with van der Waals surface area (Å²) < 4.78 is 13.0. The van der Waals surface area contributed by atoms with Gasteiger partial charge in [0.25, 0.3) is 0 Å². The van der Waals surface area contributed by atoms with Gasteiger partial charge in [-0.05, 0) is 50.7 Å². The number of hydrogen-bond acceptors (Lipinski definition) is 2. The summed E-state index contributed by atoms with van der Waals surface area (Å²) in [6.45, 7) is 4.27.